The van der Waals surface area contributed by atoms with Crippen LogP contribution in [-0.2, 0) is 4.79 Å². The van der Waals surface area contributed by atoms with Gasteiger partial charge < -0.3 is 15.3 Å². The predicted octanol–water partition coefficient (Wildman–Crippen LogP) is 2.74. The van der Waals surface area contributed by atoms with Gasteiger partial charge in [-0.15, -0.1) is 0 Å². The Bertz CT molecular complexity index is 501. The van der Waals surface area contributed by atoms with Gasteiger partial charge in [0.2, 0.25) is 0 Å². The van der Waals surface area contributed by atoms with Crippen LogP contribution < -0.4 is 0 Å². The van der Waals surface area contributed by atoms with E-state index in [0.717, 1.165) is 44.9 Å². The van der Waals surface area contributed by atoms with Crippen LogP contribution in [0.2, 0.25) is 0 Å². The van der Waals surface area contributed by atoms with E-state index in [1.165, 1.54) is 0 Å². The van der Waals surface area contributed by atoms with Gasteiger partial charge in [-0.05, 0) is 73.5 Å². The molecule has 4 nitrogen and oxygen atoms in total. The van der Waals surface area contributed by atoms with Gasteiger partial charge in [0.05, 0.1) is 0 Å². The Morgan fingerprint density at radius 1 is 0.955 bits per heavy atom. The van der Waals surface area contributed by atoms with Crippen LogP contribution in [0.3, 0.4) is 0 Å². The van der Waals surface area contributed by atoms with Gasteiger partial charge in [0.25, 0.3) is 0 Å². The van der Waals surface area contributed by atoms with Crippen molar-refractivity contribution in [2.24, 2.45) is 21.7 Å². The molecule has 0 radical (unpaired) electrons. The van der Waals surface area contributed by atoms with Crippen molar-refractivity contribution in [3.05, 3.63) is 11.6 Å². The second-order valence-electron chi connectivity index (χ2n) is 9.08. The quantitative estimate of drug-likeness (QED) is 0.682. The molecule has 0 aromatic rings. The topological polar surface area (TPSA) is 77.8 Å². The van der Waals surface area contributed by atoms with Crippen molar-refractivity contribution in [2.75, 3.05) is 13.2 Å². The number of aliphatic carboxylic acids is 1. The number of carboxylic acid groups (broad SMARTS) is 1. The third-order valence-electron chi connectivity index (χ3n) is 6.50. The minimum Gasteiger partial charge on any atom is -0.478 e. The first-order valence-electron chi connectivity index (χ1n) is 8.31. The highest BCUT2D eigenvalue weighted by molar-refractivity contribution is 5.85. The average molecular weight is 308 g/mol. The maximum absolute atomic E-state index is 11.1. The lowest BCUT2D eigenvalue weighted by Gasteiger charge is -2.69. The molecule has 4 fully saturated rings. The summed E-state index contributed by atoms with van der Waals surface area (Å²) in [5, 5.41) is 29.2. The normalized spacial score (nSPS) is 47.0. The Hall–Kier alpha value is -0.870. The number of aliphatic hydroxyl groups is 2. The number of aliphatic hydroxyl groups excluding tert-OH is 2. The standard InChI is InChI=1S/C18H28O4/c1-13(14(21)22)3-4-16-5-15(2)6-17(8-16,11-19)10-18(7-15,9-16)12-20/h3,19-20H,4-12H2,1-2H3,(H,21,22). The molecule has 0 aromatic carbocycles. The minimum atomic E-state index is -0.857. The number of rotatable bonds is 5. The van der Waals surface area contributed by atoms with Crippen molar-refractivity contribution in [3.8, 4) is 0 Å². The van der Waals surface area contributed by atoms with Crippen LogP contribution in [0.1, 0.15) is 58.8 Å². The summed E-state index contributed by atoms with van der Waals surface area (Å²) in [6, 6.07) is 0. The number of allylic oxidation sites excluding steroid dienone is 1. The number of hydrogen-bond acceptors (Lipinski definition) is 3. The number of hydrogen-bond donors (Lipinski definition) is 3. The van der Waals surface area contributed by atoms with Gasteiger partial charge in [-0.25, -0.2) is 4.79 Å². The molecule has 2 unspecified atom stereocenters. The fourth-order valence-corrected chi connectivity index (χ4v) is 6.86. The van der Waals surface area contributed by atoms with E-state index in [1.54, 1.807) is 6.92 Å². The van der Waals surface area contributed by atoms with Crippen molar-refractivity contribution in [3.63, 3.8) is 0 Å². The summed E-state index contributed by atoms with van der Waals surface area (Å²) < 4.78 is 0. The van der Waals surface area contributed by atoms with E-state index in [2.05, 4.69) is 6.92 Å². The van der Waals surface area contributed by atoms with E-state index in [1.807, 2.05) is 6.08 Å². The Morgan fingerprint density at radius 2 is 1.41 bits per heavy atom. The molecular formula is C18H28O4. The molecule has 4 heteroatoms. The summed E-state index contributed by atoms with van der Waals surface area (Å²) >= 11 is 0. The highest BCUT2D eigenvalue weighted by atomic mass is 16.4. The molecule has 4 aliphatic carbocycles. The largest absolute Gasteiger partial charge is 0.478 e. The maximum Gasteiger partial charge on any atom is 0.330 e. The Balaban J connectivity index is 1.95. The molecule has 0 amide bonds. The van der Waals surface area contributed by atoms with E-state index in [9.17, 15) is 15.0 Å². The lowest BCUT2D eigenvalue weighted by atomic mass is 9.35. The summed E-state index contributed by atoms with van der Waals surface area (Å²) in [5.74, 6) is -0.857. The minimum absolute atomic E-state index is 0.0473. The van der Waals surface area contributed by atoms with Crippen LogP contribution in [0, 0.1) is 21.7 Å². The summed E-state index contributed by atoms with van der Waals surface area (Å²) in [6.07, 6.45) is 8.65. The smallest absolute Gasteiger partial charge is 0.330 e. The van der Waals surface area contributed by atoms with Gasteiger partial charge in [-0.3, -0.25) is 0 Å². The first-order valence-corrected chi connectivity index (χ1v) is 8.31. The summed E-state index contributed by atoms with van der Waals surface area (Å²) in [5.41, 5.74) is 0.475. The van der Waals surface area contributed by atoms with Crippen molar-refractivity contribution in [1.29, 1.82) is 0 Å². The van der Waals surface area contributed by atoms with Crippen LogP contribution >= 0.6 is 0 Å². The summed E-state index contributed by atoms with van der Waals surface area (Å²) in [6.45, 7) is 4.32. The lowest BCUT2D eigenvalue weighted by Crippen LogP contribution is -2.62. The van der Waals surface area contributed by atoms with Gasteiger partial charge in [0.15, 0.2) is 0 Å². The SMILES string of the molecule is CC(=CCC12CC3(C)CC(CO)(CC(CO)(C3)C1)C2)C(=O)O. The Morgan fingerprint density at radius 3 is 1.86 bits per heavy atom. The van der Waals surface area contributed by atoms with Crippen LogP contribution in [0.25, 0.3) is 0 Å². The highest BCUT2D eigenvalue weighted by Gasteiger charge is 2.65. The van der Waals surface area contributed by atoms with Gasteiger partial charge >= 0.3 is 5.97 Å². The van der Waals surface area contributed by atoms with Gasteiger partial charge in [0, 0.05) is 18.8 Å². The predicted molar refractivity (Wildman–Crippen MR) is 83.3 cm³/mol. The third kappa shape index (κ3) is 2.41. The van der Waals surface area contributed by atoms with Gasteiger partial charge in [-0.2, -0.15) is 0 Å². The average Bonchev–Trinajstić information content (AvgIpc) is 2.42. The maximum atomic E-state index is 11.1. The molecule has 4 aliphatic rings. The van der Waals surface area contributed by atoms with Gasteiger partial charge in [0.1, 0.15) is 0 Å². The van der Waals surface area contributed by atoms with Crippen molar-refractivity contribution < 1.29 is 20.1 Å². The Kier molecular flexibility index (Phi) is 3.50. The first-order chi connectivity index (χ1) is 10.2. The fraction of sp³-hybridized carbons (Fsp3) is 0.833. The van der Waals surface area contributed by atoms with Crippen LogP contribution in [0.5, 0.6) is 0 Å². The zero-order chi connectivity index (χ0) is 16.2. The molecule has 0 spiro atoms. The molecule has 124 valence electrons. The molecule has 0 saturated heterocycles. The second kappa shape index (κ2) is 4.81. The molecule has 4 saturated carbocycles. The van der Waals surface area contributed by atoms with E-state index in [-0.39, 0.29) is 34.9 Å². The molecular weight excluding hydrogens is 280 g/mol. The zero-order valence-electron chi connectivity index (χ0n) is 13.7. The second-order valence-corrected chi connectivity index (χ2v) is 9.08. The number of carboxylic acids is 1. The Labute approximate surface area is 132 Å². The van der Waals surface area contributed by atoms with E-state index < -0.39 is 5.97 Å². The van der Waals surface area contributed by atoms with Crippen LogP contribution in [0.15, 0.2) is 11.6 Å². The van der Waals surface area contributed by atoms with E-state index in [4.69, 9.17) is 5.11 Å². The molecule has 22 heavy (non-hydrogen) atoms. The van der Waals surface area contributed by atoms with Crippen LogP contribution in [-0.4, -0.2) is 34.5 Å². The number of carbonyl (C=O) groups is 1. The fourth-order valence-electron chi connectivity index (χ4n) is 6.86. The molecule has 4 bridgehead atoms. The van der Waals surface area contributed by atoms with Crippen molar-refractivity contribution in [1.82, 2.24) is 0 Å². The first kappa shape index (κ1) is 16.0. The molecule has 4 rings (SSSR count). The zero-order valence-corrected chi connectivity index (χ0v) is 13.7. The van der Waals surface area contributed by atoms with Crippen molar-refractivity contribution in [2.45, 2.75) is 58.8 Å². The lowest BCUT2D eigenvalue weighted by molar-refractivity contribution is -0.216. The third-order valence-corrected chi connectivity index (χ3v) is 6.50. The molecule has 0 heterocycles. The molecule has 2 atom stereocenters. The van der Waals surface area contributed by atoms with Gasteiger partial charge in [-0.1, -0.05) is 13.0 Å². The van der Waals surface area contributed by atoms with E-state index in [0.29, 0.717) is 5.57 Å². The molecule has 3 N–H and O–H groups in total. The molecule has 0 aromatic heterocycles. The molecule has 0 aliphatic heterocycles. The van der Waals surface area contributed by atoms with E-state index >= 15 is 0 Å². The van der Waals surface area contributed by atoms with Crippen molar-refractivity contribution >= 4 is 5.97 Å². The highest BCUT2D eigenvalue weighted by Crippen LogP contribution is 2.74. The monoisotopic (exact) mass is 308 g/mol. The summed E-state index contributed by atoms with van der Waals surface area (Å²) in [7, 11) is 0. The van der Waals surface area contributed by atoms with Crippen LogP contribution in [0.4, 0.5) is 0 Å². The summed E-state index contributed by atoms with van der Waals surface area (Å²) in [4.78, 5) is 11.1.